The van der Waals surface area contributed by atoms with Crippen molar-refractivity contribution in [3.05, 3.63) is 0 Å². The Labute approximate surface area is 61.0 Å². The molecule has 0 atom stereocenters. The van der Waals surface area contributed by atoms with Gasteiger partial charge in [0.2, 0.25) is 0 Å². The summed E-state index contributed by atoms with van der Waals surface area (Å²) in [6.07, 6.45) is 0. The quantitative estimate of drug-likeness (QED) is 0.529. The molecule has 0 aromatic carbocycles. The van der Waals surface area contributed by atoms with Crippen molar-refractivity contribution in [1.82, 2.24) is 4.90 Å². The molecule has 0 bridgehead atoms. The zero-order valence-electron chi connectivity index (χ0n) is 5.63. The number of nitrogens with two attached hydrogens (primary N) is 2. The highest BCUT2D eigenvalue weighted by Gasteiger charge is 1.98. The van der Waals surface area contributed by atoms with Crippen LogP contribution in [0.15, 0.2) is 0 Å². The lowest BCUT2D eigenvalue weighted by molar-refractivity contribution is 0.454. The third kappa shape index (κ3) is 3.26. The van der Waals surface area contributed by atoms with Crippen LogP contribution in [0, 0.1) is 0 Å². The van der Waals surface area contributed by atoms with Gasteiger partial charge in [-0.3, -0.25) is 0 Å². The van der Waals surface area contributed by atoms with Crippen molar-refractivity contribution in [1.29, 1.82) is 0 Å². The first-order chi connectivity index (χ1) is 4.22. The maximum absolute atomic E-state index is 5.34. The molecule has 0 saturated heterocycles. The highest BCUT2D eigenvalue weighted by molar-refractivity contribution is 7.80. The van der Waals surface area contributed by atoms with Gasteiger partial charge < -0.3 is 16.4 Å². The molecule has 0 spiro atoms. The van der Waals surface area contributed by atoms with Crippen LogP contribution >= 0.6 is 12.2 Å². The Bertz CT molecular complexity index is 94.2. The van der Waals surface area contributed by atoms with Crippen LogP contribution in [-0.4, -0.2) is 29.6 Å². The third-order valence-electron chi connectivity index (χ3n) is 1.09. The first kappa shape index (κ1) is 8.65. The van der Waals surface area contributed by atoms with Gasteiger partial charge in [0.15, 0.2) is 5.11 Å². The van der Waals surface area contributed by atoms with Crippen LogP contribution in [-0.2, 0) is 0 Å². The first-order valence-corrected chi connectivity index (χ1v) is 3.37. The van der Waals surface area contributed by atoms with E-state index in [0.717, 1.165) is 13.1 Å². The van der Waals surface area contributed by atoms with Crippen LogP contribution in [0.2, 0.25) is 0 Å². The number of thiocarbonyl (C=S) groups is 1. The highest BCUT2D eigenvalue weighted by atomic mass is 32.1. The van der Waals surface area contributed by atoms with Crippen LogP contribution in [0.3, 0.4) is 0 Å². The van der Waals surface area contributed by atoms with Gasteiger partial charge in [-0.15, -0.1) is 0 Å². The average molecular weight is 147 g/mol. The third-order valence-corrected chi connectivity index (χ3v) is 1.35. The molecule has 0 heterocycles. The molecular formula is C5H13N3S. The largest absolute Gasteiger partial charge is 0.376 e. The molecule has 4 N–H and O–H groups in total. The molecule has 0 aliphatic heterocycles. The molecule has 9 heavy (non-hydrogen) atoms. The molecule has 0 aromatic heterocycles. The smallest absolute Gasteiger partial charge is 0.166 e. The van der Waals surface area contributed by atoms with Crippen molar-refractivity contribution in [2.24, 2.45) is 11.5 Å². The number of likely N-dealkylation sites (N-methyl/N-ethyl adjacent to an activating group) is 1. The second kappa shape index (κ2) is 4.52. The summed E-state index contributed by atoms with van der Waals surface area (Å²) >= 11 is 4.73. The minimum Gasteiger partial charge on any atom is -0.376 e. The first-order valence-electron chi connectivity index (χ1n) is 2.96. The minimum absolute atomic E-state index is 0.433. The van der Waals surface area contributed by atoms with Crippen LogP contribution in [0.1, 0.15) is 6.92 Å². The number of hydrogen-bond donors (Lipinski definition) is 2. The Morgan fingerprint density at radius 3 is 2.33 bits per heavy atom. The topological polar surface area (TPSA) is 55.3 Å². The van der Waals surface area contributed by atoms with E-state index in [4.69, 9.17) is 23.7 Å². The highest BCUT2D eigenvalue weighted by Crippen LogP contribution is 1.83. The molecule has 0 amide bonds. The predicted octanol–water partition coefficient (Wildman–Crippen LogP) is -0.489. The minimum atomic E-state index is 0.433. The van der Waals surface area contributed by atoms with Crippen LogP contribution in [0.25, 0.3) is 0 Å². The Hall–Kier alpha value is -0.350. The molecule has 0 unspecified atom stereocenters. The van der Waals surface area contributed by atoms with Crippen molar-refractivity contribution >= 4 is 17.3 Å². The molecule has 0 aliphatic rings. The van der Waals surface area contributed by atoms with Crippen molar-refractivity contribution in [3.63, 3.8) is 0 Å². The lowest BCUT2D eigenvalue weighted by Gasteiger charge is -2.18. The Morgan fingerprint density at radius 1 is 1.67 bits per heavy atom. The van der Waals surface area contributed by atoms with E-state index >= 15 is 0 Å². The zero-order chi connectivity index (χ0) is 7.28. The Balaban J connectivity index is 3.54. The lowest BCUT2D eigenvalue weighted by atomic mass is 10.5. The van der Waals surface area contributed by atoms with Gasteiger partial charge in [-0.1, -0.05) is 0 Å². The molecule has 0 radical (unpaired) electrons. The number of hydrogen-bond acceptors (Lipinski definition) is 2. The Morgan fingerprint density at radius 2 is 2.22 bits per heavy atom. The van der Waals surface area contributed by atoms with E-state index in [-0.39, 0.29) is 0 Å². The van der Waals surface area contributed by atoms with Crippen LogP contribution in [0.5, 0.6) is 0 Å². The van der Waals surface area contributed by atoms with Gasteiger partial charge in [-0.2, -0.15) is 0 Å². The standard InChI is InChI=1S/C5H13N3S/c1-2-8(4-3-6)5(7)9/h2-4,6H2,1H3,(H2,7,9). The summed E-state index contributed by atoms with van der Waals surface area (Å²) in [5.74, 6) is 0. The monoisotopic (exact) mass is 147 g/mol. The molecule has 4 heteroatoms. The van der Waals surface area contributed by atoms with E-state index in [1.165, 1.54) is 0 Å². The van der Waals surface area contributed by atoms with Gasteiger partial charge in [0, 0.05) is 19.6 Å². The van der Waals surface area contributed by atoms with E-state index in [1.54, 1.807) is 0 Å². The predicted molar refractivity (Wildman–Crippen MR) is 43.1 cm³/mol. The molecule has 0 aromatic rings. The fraction of sp³-hybridized carbons (Fsp3) is 0.800. The van der Waals surface area contributed by atoms with Gasteiger partial charge in [0.05, 0.1) is 0 Å². The Kier molecular flexibility index (Phi) is 4.35. The second-order valence-electron chi connectivity index (χ2n) is 1.71. The molecule has 0 rings (SSSR count). The van der Waals surface area contributed by atoms with Crippen LogP contribution in [0.4, 0.5) is 0 Å². The van der Waals surface area contributed by atoms with Crippen molar-refractivity contribution in [3.8, 4) is 0 Å². The van der Waals surface area contributed by atoms with E-state index in [0.29, 0.717) is 11.7 Å². The van der Waals surface area contributed by atoms with Gasteiger partial charge in [0.1, 0.15) is 0 Å². The van der Waals surface area contributed by atoms with Crippen LogP contribution < -0.4 is 11.5 Å². The zero-order valence-corrected chi connectivity index (χ0v) is 6.45. The molecule has 54 valence electrons. The maximum atomic E-state index is 5.34. The van der Waals surface area contributed by atoms with Crippen molar-refractivity contribution in [2.75, 3.05) is 19.6 Å². The molecule has 0 aliphatic carbocycles. The van der Waals surface area contributed by atoms with E-state index in [2.05, 4.69) is 0 Å². The van der Waals surface area contributed by atoms with Gasteiger partial charge in [0.25, 0.3) is 0 Å². The fourth-order valence-electron chi connectivity index (χ4n) is 0.580. The van der Waals surface area contributed by atoms with E-state index in [9.17, 15) is 0 Å². The van der Waals surface area contributed by atoms with Gasteiger partial charge >= 0.3 is 0 Å². The SMILES string of the molecule is CCN(CCN)C(N)=S. The van der Waals surface area contributed by atoms with Gasteiger partial charge in [-0.25, -0.2) is 0 Å². The van der Waals surface area contributed by atoms with Crippen molar-refractivity contribution in [2.45, 2.75) is 6.92 Å². The summed E-state index contributed by atoms with van der Waals surface area (Å²) in [6.45, 7) is 4.19. The summed E-state index contributed by atoms with van der Waals surface area (Å²) in [5.41, 5.74) is 10.6. The average Bonchev–Trinajstić information content (AvgIpc) is 1.82. The normalized spacial score (nSPS) is 9.11. The molecule has 3 nitrogen and oxygen atoms in total. The fourth-order valence-corrected chi connectivity index (χ4v) is 0.800. The molecule has 0 fully saturated rings. The maximum Gasteiger partial charge on any atom is 0.166 e. The molecular weight excluding hydrogens is 134 g/mol. The summed E-state index contributed by atoms with van der Waals surface area (Å²) in [6, 6.07) is 0. The molecule has 0 saturated carbocycles. The lowest BCUT2D eigenvalue weighted by Crippen LogP contribution is -2.38. The van der Waals surface area contributed by atoms with Crippen molar-refractivity contribution < 1.29 is 0 Å². The van der Waals surface area contributed by atoms with E-state index in [1.807, 2.05) is 11.8 Å². The van der Waals surface area contributed by atoms with Gasteiger partial charge in [-0.05, 0) is 19.1 Å². The number of nitrogens with zero attached hydrogens (tertiary/aromatic N) is 1. The summed E-state index contributed by atoms with van der Waals surface area (Å²) in [4.78, 5) is 1.86. The van der Waals surface area contributed by atoms with E-state index < -0.39 is 0 Å². The summed E-state index contributed by atoms with van der Waals surface area (Å²) < 4.78 is 0. The summed E-state index contributed by atoms with van der Waals surface area (Å²) in [5, 5.41) is 0.433. The number of rotatable bonds is 3. The second-order valence-corrected chi connectivity index (χ2v) is 2.12. The summed E-state index contributed by atoms with van der Waals surface area (Å²) in [7, 11) is 0.